The van der Waals surface area contributed by atoms with Gasteiger partial charge in [0.1, 0.15) is 12.4 Å². The van der Waals surface area contributed by atoms with Crippen LogP contribution in [0.3, 0.4) is 0 Å². The van der Waals surface area contributed by atoms with Crippen molar-refractivity contribution in [2.75, 3.05) is 6.61 Å². The summed E-state index contributed by atoms with van der Waals surface area (Å²) >= 11 is 5.95. The lowest BCUT2D eigenvalue weighted by molar-refractivity contribution is 0.266. The van der Waals surface area contributed by atoms with Crippen molar-refractivity contribution < 1.29 is 13.9 Å². The third-order valence-electron chi connectivity index (χ3n) is 3.19. The molecule has 0 radical (unpaired) electrons. The van der Waals surface area contributed by atoms with Gasteiger partial charge in [0, 0.05) is 5.56 Å². The predicted octanol–water partition coefficient (Wildman–Crippen LogP) is 4.85. The van der Waals surface area contributed by atoms with E-state index >= 15 is 0 Å². The average molecular weight is 309 g/mol. The molecule has 0 aliphatic rings. The highest BCUT2D eigenvalue weighted by Gasteiger charge is 2.11. The first-order valence-corrected chi connectivity index (χ1v) is 7.37. The summed E-state index contributed by atoms with van der Waals surface area (Å²) in [5.74, 6) is 1.34. The molecule has 0 bridgehead atoms. The van der Waals surface area contributed by atoms with Crippen LogP contribution in [0.5, 0.6) is 11.5 Å². The molecule has 0 N–H and O–H groups in total. The molecule has 0 fully saturated rings. The van der Waals surface area contributed by atoms with Gasteiger partial charge in [0.25, 0.3) is 0 Å². The van der Waals surface area contributed by atoms with E-state index in [1.807, 2.05) is 32.0 Å². The van der Waals surface area contributed by atoms with Gasteiger partial charge in [-0.05, 0) is 43.2 Å². The molecule has 0 amide bonds. The molecule has 2 rings (SSSR count). The monoisotopic (exact) mass is 308 g/mol. The summed E-state index contributed by atoms with van der Waals surface area (Å²) in [6, 6.07) is 10.3. The minimum Gasteiger partial charge on any atom is -0.490 e. The van der Waals surface area contributed by atoms with Crippen LogP contribution in [0.4, 0.5) is 4.39 Å². The van der Waals surface area contributed by atoms with E-state index in [0.29, 0.717) is 24.0 Å². The summed E-state index contributed by atoms with van der Waals surface area (Å²) in [4.78, 5) is 0. The van der Waals surface area contributed by atoms with E-state index < -0.39 is 0 Å². The molecule has 0 saturated heterocycles. The van der Waals surface area contributed by atoms with Crippen LogP contribution < -0.4 is 9.47 Å². The van der Waals surface area contributed by atoms with Gasteiger partial charge in [0.05, 0.1) is 12.5 Å². The third-order valence-corrected chi connectivity index (χ3v) is 3.48. The number of hydrogen-bond acceptors (Lipinski definition) is 2. The largest absolute Gasteiger partial charge is 0.490 e. The fourth-order valence-electron chi connectivity index (χ4n) is 2.04. The molecule has 0 unspecified atom stereocenters. The molecule has 21 heavy (non-hydrogen) atoms. The van der Waals surface area contributed by atoms with Crippen LogP contribution in [0.1, 0.15) is 23.6 Å². The summed E-state index contributed by atoms with van der Waals surface area (Å²) in [7, 11) is 0. The van der Waals surface area contributed by atoms with E-state index in [2.05, 4.69) is 0 Å². The lowest BCUT2D eigenvalue weighted by atomic mass is 10.1. The average Bonchev–Trinajstić information content (AvgIpc) is 2.49. The zero-order chi connectivity index (χ0) is 15.2. The number of para-hydroxylation sites is 1. The quantitative estimate of drug-likeness (QED) is 0.710. The molecule has 0 aliphatic heterocycles. The van der Waals surface area contributed by atoms with E-state index in [-0.39, 0.29) is 12.4 Å². The Bertz CT molecular complexity index is 614. The standard InChI is InChI=1S/C17H18ClFO2/c1-3-20-16-6-4-5-13(10-18)17(16)21-11-14-9-15(19)8-7-12(14)2/h4-9H,3,10-11H2,1-2H3. The summed E-state index contributed by atoms with van der Waals surface area (Å²) in [6.45, 7) is 4.65. The first-order valence-electron chi connectivity index (χ1n) is 6.84. The van der Waals surface area contributed by atoms with Gasteiger partial charge in [-0.3, -0.25) is 0 Å². The Labute approximate surface area is 129 Å². The van der Waals surface area contributed by atoms with Gasteiger partial charge in [-0.25, -0.2) is 4.39 Å². The second-order valence-corrected chi connectivity index (χ2v) is 4.94. The van der Waals surface area contributed by atoms with Crippen LogP contribution in [0.2, 0.25) is 0 Å². The Morgan fingerprint density at radius 2 is 1.90 bits per heavy atom. The van der Waals surface area contributed by atoms with Crippen molar-refractivity contribution in [3.63, 3.8) is 0 Å². The van der Waals surface area contributed by atoms with Gasteiger partial charge in [-0.15, -0.1) is 11.6 Å². The number of hydrogen-bond donors (Lipinski definition) is 0. The van der Waals surface area contributed by atoms with Crippen LogP contribution in [0, 0.1) is 12.7 Å². The van der Waals surface area contributed by atoms with Crippen molar-refractivity contribution in [3.05, 3.63) is 58.9 Å². The van der Waals surface area contributed by atoms with E-state index in [1.54, 1.807) is 6.07 Å². The van der Waals surface area contributed by atoms with Crippen LogP contribution in [-0.2, 0) is 12.5 Å². The number of aryl methyl sites for hydroxylation is 1. The molecule has 2 aromatic carbocycles. The van der Waals surface area contributed by atoms with Crippen molar-refractivity contribution >= 4 is 11.6 Å². The highest BCUT2D eigenvalue weighted by molar-refractivity contribution is 6.17. The Morgan fingerprint density at radius 3 is 2.62 bits per heavy atom. The molecular formula is C17H18ClFO2. The topological polar surface area (TPSA) is 18.5 Å². The highest BCUT2D eigenvalue weighted by atomic mass is 35.5. The van der Waals surface area contributed by atoms with E-state index in [9.17, 15) is 4.39 Å². The van der Waals surface area contributed by atoms with Gasteiger partial charge in [0.2, 0.25) is 0 Å². The zero-order valence-electron chi connectivity index (χ0n) is 12.2. The molecule has 0 spiro atoms. The van der Waals surface area contributed by atoms with Crippen molar-refractivity contribution in [3.8, 4) is 11.5 Å². The summed E-state index contributed by atoms with van der Waals surface area (Å²) in [5.41, 5.74) is 2.65. The van der Waals surface area contributed by atoms with Crippen LogP contribution in [0.15, 0.2) is 36.4 Å². The number of halogens is 2. The highest BCUT2D eigenvalue weighted by Crippen LogP contribution is 2.33. The molecule has 0 aromatic heterocycles. The SMILES string of the molecule is CCOc1cccc(CCl)c1OCc1cc(F)ccc1C. The molecule has 2 aromatic rings. The van der Waals surface area contributed by atoms with Crippen LogP contribution >= 0.6 is 11.6 Å². The first kappa shape index (κ1) is 15.6. The maximum absolute atomic E-state index is 13.3. The Balaban J connectivity index is 2.24. The molecule has 2 nitrogen and oxygen atoms in total. The van der Waals surface area contributed by atoms with Gasteiger partial charge in [-0.2, -0.15) is 0 Å². The molecule has 0 heterocycles. The number of rotatable bonds is 6. The van der Waals surface area contributed by atoms with E-state index in [1.165, 1.54) is 12.1 Å². The van der Waals surface area contributed by atoms with Crippen molar-refractivity contribution in [1.29, 1.82) is 0 Å². The van der Waals surface area contributed by atoms with Gasteiger partial charge >= 0.3 is 0 Å². The van der Waals surface area contributed by atoms with Crippen LogP contribution in [-0.4, -0.2) is 6.61 Å². The minimum atomic E-state index is -0.269. The Hall–Kier alpha value is -1.74. The van der Waals surface area contributed by atoms with Gasteiger partial charge < -0.3 is 9.47 Å². The number of alkyl halides is 1. The number of benzene rings is 2. The van der Waals surface area contributed by atoms with E-state index in [0.717, 1.165) is 16.7 Å². The lowest BCUT2D eigenvalue weighted by Gasteiger charge is -2.15. The van der Waals surface area contributed by atoms with Crippen molar-refractivity contribution in [1.82, 2.24) is 0 Å². The summed E-state index contributed by atoms with van der Waals surface area (Å²) in [5, 5.41) is 0. The fourth-order valence-corrected chi connectivity index (χ4v) is 2.26. The first-order chi connectivity index (χ1) is 10.2. The number of ether oxygens (including phenoxy) is 2. The molecule has 0 atom stereocenters. The summed E-state index contributed by atoms with van der Waals surface area (Å²) in [6.07, 6.45) is 0. The normalized spacial score (nSPS) is 10.5. The van der Waals surface area contributed by atoms with Gasteiger partial charge in [-0.1, -0.05) is 18.2 Å². The van der Waals surface area contributed by atoms with E-state index in [4.69, 9.17) is 21.1 Å². The lowest BCUT2D eigenvalue weighted by Crippen LogP contribution is -2.03. The molecule has 4 heteroatoms. The molecule has 112 valence electrons. The Kier molecular flexibility index (Phi) is 5.45. The smallest absolute Gasteiger partial charge is 0.166 e. The second kappa shape index (κ2) is 7.32. The van der Waals surface area contributed by atoms with Crippen molar-refractivity contribution in [2.24, 2.45) is 0 Å². The Morgan fingerprint density at radius 1 is 1.10 bits per heavy atom. The zero-order valence-corrected chi connectivity index (χ0v) is 12.9. The predicted molar refractivity (Wildman–Crippen MR) is 82.6 cm³/mol. The van der Waals surface area contributed by atoms with Gasteiger partial charge in [0.15, 0.2) is 11.5 Å². The van der Waals surface area contributed by atoms with Crippen LogP contribution in [0.25, 0.3) is 0 Å². The molecular weight excluding hydrogens is 291 g/mol. The third kappa shape index (κ3) is 3.88. The second-order valence-electron chi connectivity index (χ2n) is 4.67. The molecule has 0 saturated carbocycles. The molecule has 0 aliphatic carbocycles. The van der Waals surface area contributed by atoms with Crippen molar-refractivity contribution in [2.45, 2.75) is 26.3 Å². The maximum atomic E-state index is 13.3. The maximum Gasteiger partial charge on any atom is 0.166 e. The minimum absolute atomic E-state index is 0.269. The fraction of sp³-hybridized carbons (Fsp3) is 0.294. The summed E-state index contributed by atoms with van der Waals surface area (Å²) < 4.78 is 24.7.